The van der Waals surface area contributed by atoms with Crippen LogP contribution in [0.15, 0.2) is 60.7 Å². The summed E-state index contributed by atoms with van der Waals surface area (Å²) >= 11 is 0. The van der Waals surface area contributed by atoms with Crippen molar-refractivity contribution >= 4 is 23.4 Å². The van der Waals surface area contributed by atoms with Crippen LogP contribution < -0.4 is 20.5 Å². The number of carbonyl (C=O) groups excluding carboxylic acids is 3. The van der Waals surface area contributed by atoms with Crippen molar-refractivity contribution in [3.63, 3.8) is 0 Å². The van der Waals surface area contributed by atoms with Crippen LogP contribution in [0.4, 0.5) is 5.69 Å². The molecule has 0 radical (unpaired) electrons. The van der Waals surface area contributed by atoms with E-state index >= 15 is 0 Å². The quantitative estimate of drug-likeness (QED) is 0.516. The molecule has 1 aliphatic heterocycles. The molecular weight excluding hydrogens is 410 g/mol. The second kappa shape index (κ2) is 9.34. The number of hydrogen-bond acceptors (Lipinski definition) is 5. The second-order valence-corrected chi connectivity index (χ2v) is 7.31. The van der Waals surface area contributed by atoms with Crippen LogP contribution in [0.1, 0.15) is 23.8 Å². The molecule has 3 N–H and O–H groups in total. The summed E-state index contributed by atoms with van der Waals surface area (Å²) in [4.78, 5) is 38.8. The first-order chi connectivity index (χ1) is 15.5. The Hall–Kier alpha value is -4.14. The predicted octanol–water partition coefficient (Wildman–Crippen LogP) is 2.29. The van der Waals surface area contributed by atoms with Crippen LogP contribution >= 0.6 is 0 Å². The van der Waals surface area contributed by atoms with Crippen LogP contribution in [0.2, 0.25) is 0 Å². The van der Waals surface area contributed by atoms with Gasteiger partial charge in [-0.2, -0.15) is 5.10 Å². The van der Waals surface area contributed by atoms with Gasteiger partial charge in [-0.3, -0.25) is 30.3 Å². The molecule has 32 heavy (non-hydrogen) atoms. The third kappa shape index (κ3) is 4.61. The Kier molecular flexibility index (Phi) is 6.16. The van der Waals surface area contributed by atoms with Gasteiger partial charge >= 0.3 is 0 Å². The van der Waals surface area contributed by atoms with Crippen molar-refractivity contribution in [3.8, 4) is 17.0 Å². The number of amides is 3. The lowest BCUT2D eigenvalue weighted by molar-refractivity contribution is -0.126. The maximum Gasteiger partial charge on any atom is 0.287 e. The van der Waals surface area contributed by atoms with Crippen molar-refractivity contribution < 1.29 is 19.1 Å². The number of H-pyrrole nitrogens is 1. The Balaban J connectivity index is 1.32. The predicted molar refractivity (Wildman–Crippen MR) is 118 cm³/mol. The highest BCUT2D eigenvalue weighted by molar-refractivity contribution is 6.01. The highest BCUT2D eigenvalue weighted by Gasteiger charge is 2.35. The fourth-order valence-electron chi connectivity index (χ4n) is 3.50. The summed E-state index contributed by atoms with van der Waals surface area (Å²) in [5, 5.41) is 6.78. The number of benzene rings is 2. The van der Waals surface area contributed by atoms with Gasteiger partial charge in [0.2, 0.25) is 11.8 Å². The molecule has 1 saturated heterocycles. The van der Waals surface area contributed by atoms with Crippen molar-refractivity contribution in [1.29, 1.82) is 0 Å². The van der Waals surface area contributed by atoms with Crippen LogP contribution in [0.25, 0.3) is 11.3 Å². The zero-order chi connectivity index (χ0) is 22.5. The molecule has 3 aromatic rings. The number of nitrogens with one attached hydrogen (secondary N) is 3. The summed E-state index contributed by atoms with van der Waals surface area (Å²) in [6.45, 7) is 2.69. The average Bonchev–Trinajstić information content (AvgIpc) is 3.46. The van der Waals surface area contributed by atoms with E-state index in [0.717, 1.165) is 5.56 Å². The number of hydrazine groups is 1. The standard InChI is InChI=1S/C23H23N5O4/c1-2-32-18-10-8-17(9-11-18)28-14-16(12-21(28)29)22(30)26-27-23(31)20-13-19(24-25-20)15-6-4-3-5-7-15/h3-11,13,16H,2,12,14H2,1H3,(H,24,25)(H,26,30)(H,27,31). The number of aromatic nitrogens is 2. The zero-order valence-electron chi connectivity index (χ0n) is 17.5. The number of rotatable bonds is 6. The number of hydrogen-bond donors (Lipinski definition) is 3. The molecule has 0 spiro atoms. The maximum absolute atomic E-state index is 12.5. The Bertz CT molecular complexity index is 1110. The first kappa shape index (κ1) is 21.1. The first-order valence-corrected chi connectivity index (χ1v) is 10.3. The Morgan fingerprint density at radius 1 is 1.12 bits per heavy atom. The van der Waals surface area contributed by atoms with E-state index in [4.69, 9.17) is 4.74 Å². The normalized spacial score (nSPS) is 15.5. The molecule has 164 valence electrons. The fraction of sp³-hybridized carbons (Fsp3) is 0.217. The lowest BCUT2D eigenvalue weighted by Crippen LogP contribution is -2.45. The summed E-state index contributed by atoms with van der Waals surface area (Å²) in [5.41, 5.74) is 7.18. The molecule has 9 nitrogen and oxygen atoms in total. The van der Waals surface area contributed by atoms with Crippen molar-refractivity contribution in [2.45, 2.75) is 13.3 Å². The summed E-state index contributed by atoms with van der Waals surface area (Å²) in [6, 6.07) is 18.2. The molecule has 1 unspecified atom stereocenters. The van der Waals surface area contributed by atoms with E-state index in [1.165, 1.54) is 0 Å². The molecule has 0 aliphatic carbocycles. The SMILES string of the molecule is CCOc1ccc(N2CC(C(=O)NNC(=O)c3cc(-c4ccccc4)n[nH]3)CC2=O)cc1. The molecule has 1 aromatic heterocycles. The van der Waals surface area contributed by atoms with Crippen LogP contribution in [0, 0.1) is 5.92 Å². The monoisotopic (exact) mass is 433 g/mol. The van der Waals surface area contributed by atoms with Crippen molar-refractivity contribution in [2.24, 2.45) is 5.92 Å². The highest BCUT2D eigenvalue weighted by atomic mass is 16.5. The van der Waals surface area contributed by atoms with E-state index in [0.29, 0.717) is 23.7 Å². The fourth-order valence-corrected chi connectivity index (χ4v) is 3.50. The van der Waals surface area contributed by atoms with E-state index in [9.17, 15) is 14.4 Å². The van der Waals surface area contributed by atoms with E-state index in [-0.39, 0.29) is 24.6 Å². The Morgan fingerprint density at radius 2 is 1.88 bits per heavy atom. The average molecular weight is 433 g/mol. The van der Waals surface area contributed by atoms with Gasteiger partial charge in [0.25, 0.3) is 5.91 Å². The Labute approximate surface area is 184 Å². The number of carbonyl (C=O) groups is 3. The van der Waals surface area contributed by atoms with Gasteiger partial charge in [0.15, 0.2) is 0 Å². The van der Waals surface area contributed by atoms with Crippen LogP contribution in [0.3, 0.4) is 0 Å². The van der Waals surface area contributed by atoms with Gasteiger partial charge in [-0.25, -0.2) is 0 Å². The van der Waals surface area contributed by atoms with Gasteiger partial charge in [-0.1, -0.05) is 30.3 Å². The molecule has 0 bridgehead atoms. The van der Waals surface area contributed by atoms with Gasteiger partial charge in [0, 0.05) is 24.2 Å². The van der Waals surface area contributed by atoms with Crippen molar-refractivity contribution in [3.05, 3.63) is 66.4 Å². The number of anilines is 1. The molecule has 9 heteroatoms. The molecule has 3 amide bonds. The number of ether oxygens (including phenoxy) is 1. The van der Waals surface area contributed by atoms with E-state index in [1.54, 1.807) is 35.2 Å². The highest BCUT2D eigenvalue weighted by Crippen LogP contribution is 2.27. The number of nitrogens with zero attached hydrogens (tertiary/aromatic N) is 2. The molecule has 0 saturated carbocycles. The smallest absolute Gasteiger partial charge is 0.287 e. The largest absolute Gasteiger partial charge is 0.494 e. The molecule has 1 fully saturated rings. The summed E-state index contributed by atoms with van der Waals surface area (Å²) in [6.07, 6.45) is 0.0666. The number of aromatic amines is 1. The van der Waals surface area contributed by atoms with Crippen LogP contribution in [-0.4, -0.2) is 41.1 Å². The maximum atomic E-state index is 12.5. The van der Waals surface area contributed by atoms with Crippen LogP contribution in [0.5, 0.6) is 5.75 Å². The zero-order valence-corrected chi connectivity index (χ0v) is 17.5. The third-order valence-corrected chi connectivity index (χ3v) is 5.15. The molecule has 1 aliphatic rings. The van der Waals surface area contributed by atoms with Gasteiger partial charge in [-0.05, 0) is 37.3 Å². The molecule has 2 aromatic carbocycles. The molecule has 2 heterocycles. The van der Waals surface area contributed by atoms with Crippen LogP contribution in [-0.2, 0) is 9.59 Å². The summed E-state index contributed by atoms with van der Waals surface area (Å²) in [5.74, 6) is -0.962. The third-order valence-electron chi connectivity index (χ3n) is 5.15. The van der Waals surface area contributed by atoms with Gasteiger partial charge in [-0.15, -0.1) is 0 Å². The topological polar surface area (TPSA) is 116 Å². The van der Waals surface area contributed by atoms with E-state index < -0.39 is 17.7 Å². The van der Waals surface area contributed by atoms with E-state index in [2.05, 4.69) is 21.0 Å². The summed E-state index contributed by atoms with van der Waals surface area (Å²) < 4.78 is 5.41. The minimum atomic E-state index is -0.573. The molecule has 1 atom stereocenters. The second-order valence-electron chi connectivity index (χ2n) is 7.31. The van der Waals surface area contributed by atoms with Gasteiger partial charge in [0.1, 0.15) is 11.4 Å². The van der Waals surface area contributed by atoms with Crippen molar-refractivity contribution in [2.75, 3.05) is 18.1 Å². The minimum Gasteiger partial charge on any atom is -0.494 e. The first-order valence-electron chi connectivity index (χ1n) is 10.3. The molecule has 4 rings (SSSR count). The minimum absolute atomic E-state index is 0.0666. The van der Waals surface area contributed by atoms with Gasteiger partial charge in [0.05, 0.1) is 18.2 Å². The lowest BCUT2D eigenvalue weighted by atomic mass is 10.1. The Morgan fingerprint density at radius 3 is 2.59 bits per heavy atom. The lowest BCUT2D eigenvalue weighted by Gasteiger charge is -2.17. The van der Waals surface area contributed by atoms with E-state index in [1.807, 2.05) is 37.3 Å². The summed E-state index contributed by atoms with van der Waals surface area (Å²) in [7, 11) is 0. The van der Waals surface area contributed by atoms with Crippen molar-refractivity contribution in [1.82, 2.24) is 21.0 Å². The molecular formula is C23H23N5O4. The van der Waals surface area contributed by atoms with Gasteiger partial charge < -0.3 is 9.64 Å².